The molecule has 0 aromatic carbocycles. The molecule has 96 valence electrons. The lowest BCUT2D eigenvalue weighted by Crippen LogP contribution is -2.47. The molecular formula is C14H24N2O. The van der Waals surface area contributed by atoms with E-state index in [0.29, 0.717) is 30.3 Å². The van der Waals surface area contributed by atoms with Gasteiger partial charge in [0.2, 0.25) is 5.91 Å². The predicted octanol–water partition coefficient (Wildman–Crippen LogP) is 1.89. The van der Waals surface area contributed by atoms with Gasteiger partial charge in [-0.15, -0.1) is 6.58 Å². The molecule has 0 aromatic rings. The standard InChI is InChI=1S/C14H24N2O/c1-4-12-9-14(17)16(10-12)13-5-7-15(8-6-13)11(2)3/h4,11-13H,1,5-10H2,2-3H3. The molecule has 3 heteroatoms. The summed E-state index contributed by atoms with van der Waals surface area (Å²) in [5, 5.41) is 0. The monoisotopic (exact) mass is 236 g/mol. The minimum Gasteiger partial charge on any atom is -0.339 e. The fraction of sp³-hybridized carbons (Fsp3) is 0.786. The minimum absolute atomic E-state index is 0.331. The molecule has 0 aliphatic carbocycles. The molecule has 0 saturated carbocycles. The second-order valence-electron chi connectivity index (χ2n) is 5.61. The first-order valence-electron chi connectivity index (χ1n) is 6.78. The van der Waals surface area contributed by atoms with E-state index in [1.165, 1.54) is 0 Å². The molecule has 1 atom stereocenters. The number of likely N-dealkylation sites (tertiary alicyclic amines) is 2. The van der Waals surface area contributed by atoms with E-state index >= 15 is 0 Å². The van der Waals surface area contributed by atoms with Crippen molar-refractivity contribution in [2.75, 3.05) is 19.6 Å². The van der Waals surface area contributed by atoms with Crippen LogP contribution in [0, 0.1) is 5.92 Å². The molecule has 17 heavy (non-hydrogen) atoms. The molecule has 0 radical (unpaired) electrons. The maximum Gasteiger partial charge on any atom is 0.223 e. The Morgan fingerprint density at radius 3 is 2.47 bits per heavy atom. The summed E-state index contributed by atoms with van der Waals surface area (Å²) in [5.41, 5.74) is 0. The molecule has 0 N–H and O–H groups in total. The zero-order chi connectivity index (χ0) is 12.4. The van der Waals surface area contributed by atoms with Crippen LogP contribution in [0.5, 0.6) is 0 Å². The van der Waals surface area contributed by atoms with Crippen LogP contribution in [-0.4, -0.2) is 47.4 Å². The van der Waals surface area contributed by atoms with E-state index in [1.807, 2.05) is 6.08 Å². The Morgan fingerprint density at radius 2 is 2.00 bits per heavy atom. The van der Waals surface area contributed by atoms with Gasteiger partial charge in [-0.2, -0.15) is 0 Å². The fourth-order valence-corrected chi connectivity index (χ4v) is 2.99. The highest BCUT2D eigenvalue weighted by molar-refractivity contribution is 5.79. The molecule has 0 aromatic heterocycles. The van der Waals surface area contributed by atoms with Gasteiger partial charge in [-0.05, 0) is 26.7 Å². The number of amides is 1. The average Bonchev–Trinajstić information content (AvgIpc) is 2.71. The molecule has 2 saturated heterocycles. The third kappa shape index (κ3) is 2.71. The number of carbonyl (C=O) groups is 1. The number of carbonyl (C=O) groups excluding carboxylic acids is 1. The van der Waals surface area contributed by atoms with Crippen LogP contribution < -0.4 is 0 Å². The van der Waals surface area contributed by atoms with Crippen LogP contribution in [0.15, 0.2) is 12.7 Å². The quantitative estimate of drug-likeness (QED) is 0.699. The number of rotatable bonds is 3. The molecule has 2 fully saturated rings. The summed E-state index contributed by atoms with van der Waals surface area (Å²) in [4.78, 5) is 16.5. The summed E-state index contributed by atoms with van der Waals surface area (Å²) in [5.74, 6) is 0.712. The van der Waals surface area contributed by atoms with Gasteiger partial charge in [-0.1, -0.05) is 6.08 Å². The molecular weight excluding hydrogens is 212 g/mol. The van der Waals surface area contributed by atoms with Crippen LogP contribution in [0.3, 0.4) is 0 Å². The van der Waals surface area contributed by atoms with Gasteiger partial charge in [0.1, 0.15) is 0 Å². The van der Waals surface area contributed by atoms with E-state index < -0.39 is 0 Å². The van der Waals surface area contributed by atoms with E-state index in [9.17, 15) is 4.79 Å². The molecule has 1 amide bonds. The van der Waals surface area contributed by atoms with Crippen molar-refractivity contribution in [2.45, 2.75) is 45.2 Å². The molecule has 3 nitrogen and oxygen atoms in total. The number of hydrogen-bond acceptors (Lipinski definition) is 2. The van der Waals surface area contributed by atoms with Gasteiger partial charge in [0, 0.05) is 44.1 Å². The van der Waals surface area contributed by atoms with E-state index in [0.717, 1.165) is 32.5 Å². The summed E-state index contributed by atoms with van der Waals surface area (Å²) < 4.78 is 0. The molecule has 0 spiro atoms. The SMILES string of the molecule is C=CC1CC(=O)N(C2CCN(C(C)C)CC2)C1. The van der Waals surface area contributed by atoms with Crippen molar-refractivity contribution in [1.29, 1.82) is 0 Å². The predicted molar refractivity (Wildman–Crippen MR) is 69.7 cm³/mol. The van der Waals surface area contributed by atoms with E-state index in [1.54, 1.807) is 0 Å². The Balaban J connectivity index is 1.89. The molecule has 2 heterocycles. The lowest BCUT2D eigenvalue weighted by Gasteiger charge is -2.38. The second kappa shape index (κ2) is 5.21. The summed E-state index contributed by atoms with van der Waals surface area (Å²) in [6.45, 7) is 11.5. The third-order valence-corrected chi connectivity index (χ3v) is 4.19. The van der Waals surface area contributed by atoms with Crippen LogP contribution >= 0.6 is 0 Å². The minimum atomic E-state index is 0.331. The Hall–Kier alpha value is -0.830. The van der Waals surface area contributed by atoms with Gasteiger partial charge >= 0.3 is 0 Å². The number of piperidine rings is 1. The summed E-state index contributed by atoms with van der Waals surface area (Å²) in [6, 6.07) is 1.11. The van der Waals surface area contributed by atoms with Crippen LogP contribution in [-0.2, 0) is 4.79 Å². The highest BCUT2D eigenvalue weighted by Crippen LogP contribution is 2.26. The topological polar surface area (TPSA) is 23.6 Å². The van der Waals surface area contributed by atoms with Crippen LogP contribution in [0.2, 0.25) is 0 Å². The van der Waals surface area contributed by atoms with E-state index in [2.05, 4.69) is 30.2 Å². The van der Waals surface area contributed by atoms with Crippen LogP contribution in [0.1, 0.15) is 33.1 Å². The summed E-state index contributed by atoms with van der Waals surface area (Å²) in [6.07, 6.45) is 4.87. The van der Waals surface area contributed by atoms with Crippen molar-refractivity contribution in [3.05, 3.63) is 12.7 Å². The molecule has 1 unspecified atom stereocenters. The van der Waals surface area contributed by atoms with E-state index in [4.69, 9.17) is 0 Å². The van der Waals surface area contributed by atoms with Gasteiger partial charge in [0.15, 0.2) is 0 Å². The van der Waals surface area contributed by atoms with Gasteiger partial charge in [-0.25, -0.2) is 0 Å². The maximum absolute atomic E-state index is 11.9. The summed E-state index contributed by atoms with van der Waals surface area (Å²) in [7, 11) is 0. The Labute approximate surface area is 104 Å². The van der Waals surface area contributed by atoms with Gasteiger partial charge in [0.05, 0.1) is 0 Å². The van der Waals surface area contributed by atoms with Gasteiger partial charge in [0.25, 0.3) is 0 Å². The van der Waals surface area contributed by atoms with Gasteiger partial charge in [-0.3, -0.25) is 4.79 Å². The molecule has 0 bridgehead atoms. The normalized spacial score (nSPS) is 28.1. The first-order valence-corrected chi connectivity index (χ1v) is 6.78. The fourth-order valence-electron chi connectivity index (χ4n) is 2.99. The van der Waals surface area contributed by atoms with Crippen molar-refractivity contribution >= 4 is 5.91 Å². The highest BCUT2D eigenvalue weighted by Gasteiger charge is 2.34. The molecule has 2 rings (SSSR count). The van der Waals surface area contributed by atoms with Gasteiger partial charge < -0.3 is 9.80 Å². The van der Waals surface area contributed by atoms with E-state index in [-0.39, 0.29) is 0 Å². The van der Waals surface area contributed by atoms with Crippen molar-refractivity contribution in [1.82, 2.24) is 9.80 Å². The molecule has 2 aliphatic heterocycles. The van der Waals surface area contributed by atoms with Crippen molar-refractivity contribution in [2.24, 2.45) is 5.92 Å². The third-order valence-electron chi connectivity index (χ3n) is 4.19. The molecule has 2 aliphatic rings. The maximum atomic E-state index is 11.9. The van der Waals surface area contributed by atoms with Crippen molar-refractivity contribution in [3.63, 3.8) is 0 Å². The average molecular weight is 236 g/mol. The Morgan fingerprint density at radius 1 is 1.35 bits per heavy atom. The highest BCUT2D eigenvalue weighted by atomic mass is 16.2. The number of hydrogen-bond donors (Lipinski definition) is 0. The van der Waals surface area contributed by atoms with Crippen molar-refractivity contribution in [3.8, 4) is 0 Å². The summed E-state index contributed by atoms with van der Waals surface area (Å²) >= 11 is 0. The number of nitrogens with zero attached hydrogens (tertiary/aromatic N) is 2. The van der Waals surface area contributed by atoms with Crippen molar-refractivity contribution < 1.29 is 4.79 Å². The zero-order valence-corrected chi connectivity index (χ0v) is 11.1. The lowest BCUT2D eigenvalue weighted by molar-refractivity contribution is -0.130. The first-order chi connectivity index (χ1) is 8.11. The smallest absolute Gasteiger partial charge is 0.223 e. The largest absolute Gasteiger partial charge is 0.339 e. The zero-order valence-electron chi connectivity index (χ0n) is 11.1. The Bertz CT molecular complexity index is 293. The lowest BCUT2D eigenvalue weighted by atomic mass is 10.0. The van der Waals surface area contributed by atoms with Crippen LogP contribution in [0.25, 0.3) is 0 Å². The second-order valence-corrected chi connectivity index (χ2v) is 5.61. The first kappa shape index (κ1) is 12.6. The van der Waals surface area contributed by atoms with Crippen LogP contribution in [0.4, 0.5) is 0 Å². The Kier molecular flexibility index (Phi) is 3.87.